The van der Waals surface area contributed by atoms with E-state index in [0.717, 1.165) is 0 Å². The van der Waals surface area contributed by atoms with E-state index in [2.05, 4.69) is 22.0 Å². The second-order valence-corrected chi connectivity index (χ2v) is 4.91. The summed E-state index contributed by atoms with van der Waals surface area (Å²) in [5.74, 6) is 0.225. The summed E-state index contributed by atoms with van der Waals surface area (Å²) in [7, 11) is 0. The number of hydrogen-bond donors (Lipinski definition) is 1. The van der Waals surface area contributed by atoms with E-state index in [1.165, 1.54) is 0 Å². The summed E-state index contributed by atoms with van der Waals surface area (Å²) in [5, 5.41) is 9.13. The van der Waals surface area contributed by atoms with Crippen molar-refractivity contribution in [3.8, 4) is 6.07 Å². The van der Waals surface area contributed by atoms with Crippen molar-refractivity contribution in [3.63, 3.8) is 0 Å². The first kappa shape index (κ1) is 12.1. The quantitative estimate of drug-likeness (QED) is 0.901. The van der Waals surface area contributed by atoms with E-state index in [1.807, 2.05) is 6.07 Å². The Balaban J connectivity index is 2.39. The van der Waals surface area contributed by atoms with Crippen LogP contribution in [-0.2, 0) is 4.79 Å². The van der Waals surface area contributed by atoms with Crippen LogP contribution in [-0.4, -0.2) is 19.0 Å². The van der Waals surface area contributed by atoms with Crippen molar-refractivity contribution in [1.82, 2.24) is 0 Å². The fourth-order valence-corrected chi connectivity index (χ4v) is 2.47. The molecule has 0 aliphatic carbocycles. The maximum atomic E-state index is 11.9. The molecule has 1 fully saturated rings. The first-order chi connectivity index (χ1) is 8.17. The standard InChI is InChI=1S/C12H12BrN3O/c13-10-2-1-3-11(9(10)6-15)16-7-8(5-14)4-12(16)17/h1-3,8H,4-5,7,14H2. The van der Waals surface area contributed by atoms with Gasteiger partial charge in [-0.1, -0.05) is 6.07 Å². The van der Waals surface area contributed by atoms with E-state index >= 15 is 0 Å². The highest BCUT2D eigenvalue weighted by atomic mass is 79.9. The van der Waals surface area contributed by atoms with Gasteiger partial charge in [0, 0.05) is 17.4 Å². The van der Waals surface area contributed by atoms with Crippen LogP contribution in [0.3, 0.4) is 0 Å². The normalized spacial score (nSPS) is 19.5. The van der Waals surface area contributed by atoms with Gasteiger partial charge in [0.25, 0.3) is 0 Å². The zero-order chi connectivity index (χ0) is 12.4. The summed E-state index contributed by atoms with van der Waals surface area (Å²) >= 11 is 3.32. The van der Waals surface area contributed by atoms with E-state index in [9.17, 15) is 4.79 Å². The topological polar surface area (TPSA) is 70.1 Å². The van der Waals surface area contributed by atoms with Crippen LogP contribution in [0.2, 0.25) is 0 Å². The summed E-state index contributed by atoms with van der Waals surface area (Å²) in [4.78, 5) is 13.5. The van der Waals surface area contributed by atoms with Crippen LogP contribution >= 0.6 is 15.9 Å². The van der Waals surface area contributed by atoms with Gasteiger partial charge in [-0.2, -0.15) is 5.26 Å². The lowest BCUT2D eigenvalue weighted by Gasteiger charge is -2.18. The van der Waals surface area contributed by atoms with Crippen LogP contribution in [0, 0.1) is 17.2 Å². The van der Waals surface area contributed by atoms with Crippen LogP contribution in [0.15, 0.2) is 22.7 Å². The van der Waals surface area contributed by atoms with Crippen molar-refractivity contribution >= 4 is 27.5 Å². The van der Waals surface area contributed by atoms with E-state index in [1.54, 1.807) is 17.0 Å². The predicted molar refractivity (Wildman–Crippen MR) is 68.4 cm³/mol. The van der Waals surface area contributed by atoms with E-state index in [-0.39, 0.29) is 11.8 Å². The Kier molecular flexibility index (Phi) is 3.46. The number of nitrogens with zero attached hydrogens (tertiary/aromatic N) is 2. The van der Waals surface area contributed by atoms with Gasteiger partial charge >= 0.3 is 0 Å². The molecule has 1 aromatic rings. The molecule has 1 amide bonds. The monoisotopic (exact) mass is 293 g/mol. The van der Waals surface area contributed by atoms with Crippen LogP contribution in [0.4, 0.5) is 5.69 Å². The second kappa shape index (κ2) is 4.86. The van der Waals surface area contributed by atoms with Gasteiger partial charge in [0.15, 0.2) is 0 Å². The summed E-state index contributed by atoms with van der Waals surface area (Å²) < 4.78 is 0.710. The van der Waals surface area contributed by atoms with Gasteiger partial charge < -0.3 is 10.6 Å². The van der Waals surface area contributed by atoms with Crippen molar-refractivity contribution in [2.45, 2.75) is 6.42 Å². The van der Waals surface area contributed by atoms with Gasteiger partial charge in [0.2, 0.25) is 5.91 Å². The van der Waals surface area contributed by atoms with Crippen LogP contribution in [0.5, 0.6) is 0 Å². The average Bonchev–Trinajstić information content (AvgIpc) is 2.70. The largest absolute Gasteiger partial charge is 0.330 e. The molecule has 0 aromatic heterocycles. The first-order valence-corrected chi connectivity index (χ1v) is 6.15. The maximum absolute atomic E-state index is 11.9. The molecule has 2 rings (SSSR count). The van der Waals surface area contributed by atoms with Crippen molar-refractivity contribution in [2.75, 3.05) is 18.0 Å². The lowest BCUT2D eigenvalue weighted by atomic mass is 10.1. The molecule has 1 saturated heterocycles. The Morgan fingerprint density at radius 1 is 1.59 bits per heavy atom. The molecule has 0 bridgehead atoms. The second-order valence-electron chi connectivity index (χ2n) is 4.06. The van der Waals surface area contributed by atoms with Crippen LogP contribution < -0.4 is 10.6 Å². The molecule has 1 atom stereocenters. The molecule has 1 aliphatic rings. The number of anilines is 1. The lowest BCUT2D eigenvalue weighted by Crippen LogP contribution is -2.26. The smallest absolute Gasteiger partial charge is 0.227 e. The summed E-state index contributed by atoms with van der Waals surface area (Å²) in [6.07, 6.45) is 0.466. The number of benzene rings is 1. The number of carbonyl (C=O) groups excluding carboxylic acids is 1. The maximum Gasteiger partial charge on any atom is 0.227 e. The number of halogens is 1. The Labute approximate surface area is 108 Å². The molecule has 0 radical (unpaired) electrons. The van der Waals surface area contributed by atoms with Crippen LogP contribution in [0.25, 0.3) is 0 Å². The molecular weight excluding hydrogens is 282 g/mol. The molecule has 0 spiro atoms. The predicted octanol–water partition coefficient (Wildman–Crippen LogP) is 1.63. The average molecular weight is 294 g/mol. The summed E-state index contributed by atoms with van der Waals surface area (Å²) in [5.41, 5.74) is 6.75. The molecule has 5 heteroatoms. The number of carbonyl (C=O) groups is 1. The fourth-order valence-electron chi connectivity index (χ4n) is 2.02. The molecule has 88 valence electrons. The van der Waals surface area contributed by atoms with Gasteiger partial charge in [0.05, 0.1) is 11.3 Å². The van der Waals surface area contributed by atoms with Crippen molar-refractivity contribution in [2.24, 2.45) is 11.7 Å². The van der Waals surface area contributed by atoms with Crippen molar-refractivity contribution < 1.29 is 4.79 Å². The van der Waals surface area contributed by atoms with Gasteiger partial charge in [-0.05, 0) is 40.5 Å². The number of rotatable bonds is 2. The summed E-state index contributed by atoms with van der Waals surface area (Å²) in [6, 6.07) is 7.53. The number of hydrogen-bond acceptors (Lipinski definition) is 3. The fraction of sp³-hybridized carbons (Fsp3) is 0.333. The first-order valence-electron chi connectivity index (χ1n) is 5.36. The molecule has 0 saturated carbocycles. The molecule has 1 aromatic carbocycles. The zero-order valence-electron chi connectivity index (χ0n) is 9.19. The molecule has 4 nitrogen and oxygen atoms in total. The van der Waals surface area contributed by atoms with Gasteiger partial charge in [-0.25, -0.2) is 0 Å². The van der Waals surface area contributed by atoms with Crippen molar-refractivity contribution in [1.29, 1.82) is 5.26 Å². The highest BCUT2D eigenvalue weighted by Gasteiger charge is 2.31. The Hall–Kier alpha value is -1.38. The minimum absolute atomic E-state index is 0.0371. The Morgan fingerprint density at radius 3 is 2.94 bits per heavy atom. The molecular formula is C12H12BrN3O. The van der Waals surface area contributed by atoms with E-state index in [0.29, 0.717) is 35.2 Å². The van der Waals surface area contributed by atoms with Crippen LogP contribution in [0.1, 0.15) is 12.0 Å². The van der Waals surface area contributed by atoms with Gasteiger partial charge in [-0.3, -0.25) is 4.79 Å². The minimum atomic E-state index is 0.0371. The third-order valence-electron chi connectivity index (χ3n) is 2.93. The molecule has 2 N–H and O–H groups in total. The molecule has 17 heavy (non-hydrogen) atoms. The highest BCUT2D eigenvalue weighted by molar-refractivity contribution is 9.10. The summed E-state index contributed by atoms with van der Waals surface area (Å²) in [6.45, 7) is 1.10. The zero-order valence-corrected chi connectivity index (χ0v) is 10.8. The number of nitrogens with two attached hydrogens (primary N) is 1. The number of nitriles is 1. The van der Waals surface area contributed by atoms with E-state index < -0.39 is 0 Å². The lowest BCUT2D eigenvalue weighted by molar-refractivity contribution is -0.117. The third kappa shape index (κ3) is 2.19. The van der Waals surface area contributed by atoms with Gasteiger partial charge in [0.1, 0.15) is 6.07 Å². The Morgan fingerprint density at radius 2 is 2.35 bits per heavy atom. The SMILES string of the molecule is N#Cc1c(Br)cccc1N1CC(CN)CC1=O. The third-order valence-corrected chi connectivity index (χ3v) is 3.59. The van der Waals surface area contributed by atoms with Crippen molar-refractivity contribution in [3.05, 3.63) is 28.2 Å². The highest BCUT2D eigenvalue weighted by Crippen LogP contribution is 2.31. The Bertz CT molecular complexity index is 495. The molecule has 1 unspecified atom stereocenters. The molecule has 1 heterocycles. The van der Waals surface area contributed by atoms with E-state index in [4.69, 9.17) is 11.0 Å². The number of amides is 1. The minimum Gasteiger partial charge on any atom is -0.330 e. The molecule has 1 aliphatic heterocycles. The van der Waals surface area contributed by atoms with Gasteiger partial charge in [-0.15, -0.1) is 0 Å².